The van der Waals surface area contributed by atoms with E-state index < -0.39 is 0 Å². The number of anilines is 4. The van der Waals surface area contributed by atoms with Crippen LogP contribution < -0.4 is 21.1 Å². The molecule has 5 rings (SSSR count). The normalized spacial score (nSPS) is 13.5. The van der Waals surface area contributed by atoms with Crippen molar-refractivity contribution >= 4 is 40.0 Å². The zero-order valence-corrected chi connectivity index (χ0v) is 20.0. The lowest BCUT2D eigenvalue weighted by molar-refractivity contribution is -0.116. The van der Waals surface area contributed by atoms with E-state index in [0.29, 0.717) is 35.8 Å². The molecule has 3 heterocycles. The predicted octanol–water partition coefficient (Wildman–Crippen LogP) is 3.10. The zero-order chi connectivity index (χ0) is 24.9. The summed E-state index contributed by atoms with van der Waals surface area (Å²) in [5.41, 5.74) is 2.83. The third kappa shape index (κ3) is 5.49. The molecule has 2 aromatic heterocycles. The van der Waals surface area contributed by atoms with Crippen LogP contribution in [0.5, 0.6) is 0 Å². The molecule has 0 bridgehead atoms. The zero-order valence-electron chi connectivity index (χ0n) is 20.0. The number of hydrogen-bond acceptors (Lipinski definition) is 8. The standard InChI is InChI=1S/C26H27N7O3/c1-18-16-23(32-12-14-36-15-13-32)31-26(28-18)30-20-8-6-19(7-9-20)29-24(34)10-11-33-17-27-22-5-3-2-4-21(22)25(33)35/h2-9,16-17H,10-15H2,1H3,(H,29,34)(H,28,30,31). The number of aryl methyl sites for hydroxylation is 2. The van der Waals surface area contributed by atoms with Gasteiger partial charge in [0, 0.05) is 49.2 Å². The molecule has 1 fully saturated rings. The Bertz CT molecular complexity index is 1430. The fourth-order valence-corrected chi connectivity index (χ4v) is 4.04. The number of ether oxygens (including phenoxy) is 1. The Labute approximate surface area is 208 Å². The van der Waals surface area contributed by atoms with Crippen LogP contribution in [0.15, 0.2) is 65.7 Å². The van der Waals surface area contributed by atoms with Crippen LogP contribution in [-0.4, -0.2) is 51.7 Å². The van der Waals surface area contributed by atoms with Gasteiger partial charge in [-0.3, -0.25) is 14.2 Å². The van der Waals surface area contributed by atoms with E-state index in [1.54, 1.807) is 18.2 Å². The summed E-state index contributed by atoms with van der Waals surface area (Å²) in [4.78, 5) is 40.7. The van der Waals surface area contributed by atoms with Gasteiger partial charge in [-0.1, -0.05) is 12.1 Å². The molecule has 1 aliphatic heterocycles. The SMILES string of the molecule is Cc1cc(N2CCOCC2)nc(Nc2ccc(NC(=O)CCn3cnc4ccccc4c3=O)cc2)n1. The second-order valence-electron chi connectivity index (χ2n) is 8.55. The highest BCUT2D eigenvalue weighted by Crippen LogP contribution is 2.21. The van der Waals surface area contributed by atoms with Crippen molar-refractivity contribution < 1.29 is 9.53 Å². The molecule has 0 saturated carbocycles. The minimum absolute atomic E-state index is 0.154. The lowest BCUT2D eigenvalue weighted by Crippen LogP contribution is -2.36. The summed E-state index contributed by atoms with van der Waals surface area (Å²) in [6.45, 7) is 5.17. The van der Waals surface area contributed by atoms with Crippen molar-refractivity contribution in [2.75, 3.05) is 41.8 Å². The maximum Gasteiger partial charge on any atom is 0.261 e. The van der Waals surface area contributed by atoms with Crippen LogP contribution in [0.1, 0.15) is 12.1 Å². The number of benzene rings is 2. The van der Waals surface area contributed by atoms with E-state index in [4.69, 9.17) is 4.74 Å². The number of morpholine rings is 1. The van der Waals surface area contributed by atoms with Crippen molar-refractivity contribution in [3.63, 3.8) is 0 Å². The number of carbonyl (C=O) groups is 1. The molecule has 2 N–H and O–H groups in total. The Balaban J connectivity index is 1.18. The Morgan fingerprint density at radius 2 is 1.78 bits per heavy atom. The molecule has 0 atom stereocenters. The minimum Gasteiger partial charge on any atom is -0.378 e. The second kappa shape index (κ2) is 10.5. The van der Waals surface area contributed by atoms with Gasteiger partial charge in [-0.05, 0) is 43.3 Å². The molecule has 184 valence electrons. The van der Waals surface area contributed by atoms with Crippen molar-refractivity contribution in [3.05, 3.63) is 77.0 Å². The van der Waals surface area contributed by atoms with Gasteiger partial charge in [-0.25, -0.2) is 9.97 Å². The van der Waals surface area contributed by atoms with Crippen LogP contribution in [-0.2, 0) is 16.1 Å². The highest BCUT2D eigenvalue weighted by Gasteiger charge is 2.14. The molecule has 10 nitrogen and oxygen atoms in total. The Kier molecular flexibility index (Phi) is 6.85. The maximum absolute atomic E-state index is 12.6. The molecular weight excluding hydrogens is 458 g/mol. The Morgan fingerprint density at radius 1 is 1.03 bits per heavy atom. The molecule has 0 radical (unpaired) electrons. The monoisotopic (exact) mass is 485 g/mol. The van der Waals surface area contributed by atoms with Crippen LogP contribution >= 0.6 is 0 Å². The van der Waals surface area contributed by atoms with E-state index in [2.05, 4.69) is 30.5 Å². The van der Waals surface area contributed by atoms with Gasteiger partial charge in [-0.2, -0.15) is 4.98 Å². The molecule has 4 aromatic rings. The molecule has 1 saturated heterocycles. The first-order chi connectivity index (χ1) is 17.5. The van der Waals surface area contributed by atoms with Crippen LogP contribution in [0.25, 0.3) is 10.9 Å². The first kappa shape index (κ1) is 23.4. The molecule has 2 aromatic carbocycles. The van der Waals surface area contributed by atoms with Crippen LogP contribution in [0.3, 0.4) is 0 Å². The number of fused-ring (bicyclic) bond motifs is 1. The molecule has 0 aliphatic carbocycles. The number of amides is 1. The van der Waals surface area contributed by atoms with Crippen molar-refractivity contribution in [2.45, 2.75) is 19.9 Å². The van der Waals surface area contributed by atoms with Crippen LogP contribution in [0, 0.1) is 6.92 Å². The summed E-state index contributed by atoms with van der Waals surface area (Å²) in [6.07, 6.45) is 1.64. The van der Waals surface area contributed by atoms with Crippen molar-refractivity contribution in [3.8, 4) is 0 Å². The minimum atomic E-state index is -0.187. The van der Waals surface area contributed by atoms with Crippen molar-refractivity contribution in [1.29, 1.82) is 0 Å². The average Bonchev–Trinajstić information content (AvgIpc) is 2.90. The number of para-hydroxylation sites is 1. The van der Waals surface area contributed by atoms with Gasteiger partial charge in [0.05, 0.1) is 30.4 Å². The molecule has 1 amide bonds. The lowest BCUT2D eigenvalue weighted by atomic mass is 10.2. The summed E-state index contributed by atoms with van der Waals surface area (Å²) in [5, 5.41) is 6.64. The first-order valence-corrected chi connectivity index (χ1v) is 11.8. The number of carbonyl (C=O) groups excluding carboxylic acids is 1. The second-order valence-corrected chi connectivity index (χ2v) is 8.55. The maximum atomic E-state index is 12.6. The molecule has 36 heavy (non-hydrogen) atoms. The molecule has 0 unspecified atom stereocenters. The third-order valence-corrected chi connectivity index (χ3v) is 5.91. The first-order valence-electron chi connectivity index (χ1n) is 11.8. The van der Waals surface area contributed by atoms with Gasteiger partial charge in [0.25, 0.3) is 5.56 Å². The summed E-state index contributed by atoms with van der Waals surface area (Å²) in [6, 6.07) is 16.5. The van der Waals surface area contributed by atoms with Crippen LogP contribution in [0.2, 0.25) is 0 Å². The summed E-state index contributed by atoms with van der Waals surface area (Å²) in [5.74, 6) is 1.20. The number of rotatable bonds is 7. The van der Waals surface area contributed by atoms with E-state index in [1.165, 1.54) is 10.9 Å². The lowest BCUT2D eigenvalue weighted by Gasteiger charge is -2.28. The smallest absolute Gasteiger partial charge is 0.261 e. The summed E-state index contributed by atoms with van der Waals surface area (Å²) >= 11 is 0. The van der Waals surface area contributed by atoms with Gasteiger partial charge in [0.1, 0.15) is 5.82 Å². The predicted molar refractivity (Wildman–Crippen MR) is 139 cm³/mol. The van der Waals surface area contributed by atoms with E-state index >= 15 is 0 Å². The van der Waals surface area contributed by atoms with Gasteiger partial charge in [-0.15, -0.1) is 0 Å². The Morgan fingerprint density at radius 3 is 2.58 bits per heavy atom. The van der Waals surface area contributed by atoms with Crippen LogP contribution in [0.4, 0.5) is 23.1 Å². The molecular formula is C26H27N7O3. The highest BCUT2D eigenvalue weighted by molar-refractivity contribution is 5.90. The number of nitrogens with one attached hydrogen (secondary N) is 2. The Hall–Kier alpha value is -4.31. The molecule has 1 aliphatic rings. The van der Waals surface area contributed by atoms with E-state index in [9.17, 15) is 9.59 Å². The molecule has 10 heteroatoms. The fourth-order valence-electron chi connectivity index (χ4n) is 4.04. The van der Waals surface area contributed by atoms with Crippen molar-refractivity contribution in [2.24, 2.45) is 0 Å². The average molecular weight is 486 g/mol. The number of nitrogens with zero attached hydrogens (tertiary/aromatic N) is 5. The number of hydrogen-bond donors (Lipinski definition) is 2. The van der Waals surface area contributed by atoms with Gasteiger partial charge in [0.15, 0.2) is 0 Å². The van der Waals surface area contributed by atoms with Gasteiger partial charge < -0.3 is 20.3 Å². The van der Waals surface area contributed by atoms with Gasteiger partial charge in [0.2, 0.25) is 11.9 Å². The summed E-state index contributed by atoms with van der Waals surface area (Å²) in [7, 11) is 0. The largest absolute Gasteiger partial charge is 0.378 e. The molecule has 0 spiro atoms. The summed E-state index contributed by atoms with van der Waals surface area (Å²) < 4.78 is 6.89. The van der Waals surface area contributed by atoms with Crippen molar-refractivity contribution in [1.82, 2.24) is 19.5 Å². The topological polar surface area (TPSA) is 114 Å². The van der Waals surface area contributed by atoms with E-state index in [-0.39, 0.29) is 24.4 Å². The quantitative estimate of drug-likeness (QED) is 0.411. The van der Waals surface area contributed by atoms with E-state index in [0.717, 1.165) is 30.3 Å². The van der Waals surface area contributed by atoms with Gasteiger partial charge >= 0.3 is 0 Å². The highest BCUT2D eigenvalue weighted by atomic mass is 16.5. The third-order valence-electron chi connectivity index (χ3n) is 5.91. The fraction of sp³-hybridized carbons (Fsp3) is 0.269. The number of aromatic nitrogens is 4. The van der Waals surface area contributed by atoms with E-state index in [1.807, 2.05) is 43.3 Å².